The van der Waals surface area contributed by atoms with Crippen molar-refractivity contribution in [2.75, 3.05) is 0 Å². The fourth-order valence-corrected chi connectivity index (χ4v) is 4.82. The van der Waals surface area contributed by atoms with Gasteiger partial charge in [-0.05, 0) is 45.2 Å². The number of allylic oxidation sites excluding steroid dienone is 1. The Morgan fingerprint density at radius 1 is 1.37 bits per heavy atom. The highest BCUT2D eigenvalue weighted by atomic mass is 32.1. The molecular weight excluding hydrogens is 356 g/mol. The molecule has 0 radical (unpaired) electrons. The third kappa shape index (κ3) is 3.37. The topological polar surface area (TPSA) is 60.7 Å². The molecule has 3 aromatic rings. The zero-order valence-corrected chi connectivity index (χ0v) is 16.5. The molecule has 0 fully saturated rings. The minimum atomic E-state index is 0.144. The number of hydrogen-bond donors (Lipinski definition) is 0. The summed E-state index contributed by atoms with van der Waals surface area (Å²) < 4.78 is 2.03. The number of pyridine rings is 1. The number of hydrogen-bond acceptors (Lipinski definition) is 5. The van der Waals surface area contributed by atoms with E-state index in [0.717, 1.165) is 57.5 Å². The maximum Gasteiger partial charge on any atom is 0.136 e. The zero-order chi connectivity index (χ0) is 19.0. The number of fused-ring (bicyclic) bond motifs is 3. The smallest absolute Gasteiger partial charge is 0.136 e. The molecule has 0 aromatic carbocycles. The zero-order valence-electron chi connectivity index (χ0n) is 15.7. The van der Waals surface area contributed by atoms with Crippen LogP contribution in [0.25, 0.3) is 21.8 Å². The van der Waals surface area contributed by atoms with E-state index in [2.05, 4.69) is 17.6 Å². The number of ketones is 1. The molecule has 138 valence electrons. The van der Waals surface area contributed by atoms with Crippen molar-refractivity contribution in [3.63, 3.8) is 0 Å². The van der Waals surface area contributed by atoms with Crippen LogP contribution in [-0.4, -0.2) is 25.5 Å². The highest BCUT2D eigenvalue weighted by Crippen LogP contribution is 2.41. The summed E-state index contributed by atoms with van der Waals surface area (Å²) in [6, 6.07) is 4.11. The van der Waals surface area contributed by atoms with Gasteiger partial charge in [0, 0.05) is 23.0 Å². The van der Waals surface area contributed by atoms with Crippen LogP contribution in [0.15, 0.2) is 31.0 Å². The minimum absolute atomic E-state index is 0.144. The molecule has 0 aliphatic heterocycles. The average Bonchev–Trinajstić information content (AvgIpc) is 3.12. The first-order valence-corrected chi connectivity index (χ1v) is 10.0. The lowest BCUT2D eigenvalue weighted by Gasteiger charge is -2.04. The van der Waals surface area contributed by atoms with Crippen molar-refractivity contribution in [2.45, 2.75) is 46.1 Å². The van der Waals surface area contributed by atoms with Gasteiger partial charge in [0.1, 0.15) is 10.8 Å². The van der Waals surface area contributed by atoms with Crippen LogP contribution in [0.5, 0.6) is 0 Å². The van der Waals surface area contributed by atoms with Gasteiger partial charge in [0.2, 0.25) is 0 Å². The van der Waals surface area contributed by atoms with Crippen LogP contribution < -0.4 is 0 Å². The Labute approximate surface area is 162 Å². The molecule has 0 amide bonds. The van der Waals surface area contributed by atoms with E-state index in [1.807, 2.05) is 29.9 Å². The summed E-state index contributed by atoms with van der Waals surface area (Å²) in [7, 11) is 0. The SMILES string of the molecule is C=CCn1nc(-c2ccc(C)nc2)c2c1-c1sc(CC(C)=O)nc1CCC2. The molecular formula is C21H22N4OS. The predicted molar refractivity (Wildman–Crippen MR) is 108 cm³/mol. The summed E-state index contributed by atoms with van der Waals surface area (Å²) in [6.07, 6.45) is 7.08. The number of aromatic nitrogens is 4. The van der Waals surface area contributed by atoms with Gasteiger partial charge in [-0.2, -0.15) is 5.10 Å². The maximum atomic E-state index is 11.6. The van der Waals surface area contributed by atoms with Gasteiger partial charge in [-0.25, -0.2) is 4.98 Å². The van der Waals surface area contributed by atoms with E-state index in [9.17, 15) is 4.79 Å². The first-order chi connectivity index (χ1) is 13.1. The average molecular weight is 379 g/mol. The van der Waals surface area contributed by atoms with Crippen LogP contribution in [0.3, 0.4) is 0 Å². The van der Waals surface area contributed by atoms with Gasteiger partial charge in [0.15, 0.2) is 0 Å². The van der Waals surface area contributed by atoms with Crippen molar-refractivity contribution < 1.29 is 4.79 Å². The Balaban J connectivity index is 1.90. The van der Waals surface area contributed by atoms with E-state index >= 15 is 0 Å². The van der Waals surface area contributed by atoms with E-state index in [-0.39, 0.29) is 5.78 Å². The largest absolute Gasteiger partial charge is 0.300 e. The molecule has 0 atom stereocenters. The molecule has 4 rings (SSSR count). The molecule has 0 N–H and O–H groups in total. The number of thiazole rings is 1. The highest BCUT2D eigenvalue weighted by Gasteiger charge is 2.27. The second kappa shape index (κ2) is 7.19. The Hall–Kier alpha value is -2.60. The Morgan fingerprint density at radius 3 is 2.93 bits per heavy atom. The fraction of sp³-hybridized carbons (Fsp3) is 0.333. The quantitative estimate of drug-likeness (QED) is 0.625. The molecule has 0 saturated carbocycles. The number of nitrogens with zero attached hydrogens (tertiary/aromatic N) is 4. The van der Waals surface area contributed by atoms with Gasteiger partial charge in [-0.1, -0.05) is 6.08 Å². The summed E-state index contributed by atoms with van der Waals surface area (Å²) in [6.45, 7) is 8.13. The number of Topliss-reactive ketones (excluding diaryl/α,β-unsaturated/α-hetero) is 1. The van der Waals surface area contributed by atoms with E-state index in [1.54, 1.807) is 18.3 Å². The lowest BCUT2D eigenvalue weighted by atomic mass is 10.0. The molecule has 6 heteroatoms. The Morgan fingerprint density at radius 2 is 2.22 bits per heavy atom. The lowest BCUT2D eigenvalue weighted by molar-refractivity contribution is -0.116. The highest BCUT2D eigenvalue weighted by molar-refractivity contribution is 7.15. The van der Waals surface area contributed by atoms with Gasteiger partial charge in [-0.15, -0.1) is 17.9 Å². The third-order valence-electron chi connectivity index (χ3n) is 4.73. The molecule has 3 heterocycles. The molecule has 1 aliphatic carbocycles. The first-order valence-electron chi connectivity index (χ1n) is 9.18. The summed E-state index contributed by atoms with van der Waals surface area (Å²) in [5, 5.41) is 5.80. The molecule has 0 bridgehead atoms. The third-order valence-corrected chi connectivity index (χ3v) is 5.84. The van der Waals surface area contributed by atoms with Gasteiger partial charge in [0.05, 0.1) is 34.9 Å². The number of rotatable bonds is 5. The van der Waals surface area contributed by atoms with Crippen LogP contribution in [0, 0.1) is 6.92 Å². The molecule has 0 saturated heterocycles. The van der Waals surface area contributed by atoms with Gasteiger partial charge < -0.3 is 0 Å². The van der Waals surface area contributed by atoms with Crippen LogP contribution in [0.2, 0.25) is 0 Å². The second-order valence-corrected chi connectivity index (χ2v) is 8.03. The number of carbonyl (C=O) groups excluding carboxylic acids is 1. The molecule has 0 spiro atoms. The van der Waals surface area contributed by atoms with Crippen molar-refractivity contribution >= 4 is 17.1 Å². The monoisotopic (exact) mass is 378 g/mol. The van der Waals surface area contributed by atoms with Gasteiger partial charge in [0.25, 0.3) is 0 Å². The van der Waals surface area contributed by atoms with E-state index in [4.69, 9.17) is 10.1 Å². The van der Waals surface area contributed by atoms with Crippen molar-refractivity contribution in [2.24, 2.45) is 0 Å². The number of carbonyl (C=O) groups is 1. The fourth-order valence-electron chi connectivity index (χ4n) is 3.56. The van der Waals surface area contributed by atoms with Crippen LogP contribution in [0.1, 0.15) is 35.3 Å². The molecule has 1 aliphatic rings. The van der Waals surface area contributed by atoms with E-state index in [1.165, 1.54) is 5.56 Å². The minimum Gasteiger partial charge on any atom is -0.300 e. The predicted octanol–water partition coefficient (Wildman–Crippen LogP) is 4.18. The normalized spacial score (nSPS) is 13.0. The Kier molecular flexibility index (Phi) is 4.74. The standard InChI is InChI=1S/C21H22N4OS/c1-4-10-25-20-16(19(24-25)15-9-8-13(2)22-12-15)6-5-7-17-21(20)27-18(23-17)11-14(3)26/h4,8-9,12H,1,5-7,10-11H2,2-3H3. The van der Waals surface area contributed by atoms with E-state index in [0.29, 0.717) is 13.0 Å². The summed E-state index contributed by atoms with van der Waals surface area (Å²) in [5.74, 6) is 0.144. The summed E-state index contributed by atoms with van der Waals surface area (Å²) in [4.78, 5) is 21.9. The van der Waals surface area contributed by atoms with Crippen molar-refractivity contribution in [1.82, 2.24) is 19.7 Å². The van der Waals surface area contributed by atoms with Crippen LogP contribution in [0.4, 0.5) is 0 Å². The van der Waals surface area contributed by atoms with Crippen LogP contribution in [-0.2, 0) is 30.6 Å². The lowest BCUT2D eigenvalue weighted by Crippen LogP contribution is -2.00. The molecule has 0 unspecified atom stereocenters. The van der Waals surface area contributed by atoms with Gasteiger partial charge in [-0.3, -0.25) is 14.5 Å². The van der Waals surface area contributed by atoms with Gasteiger partial charge >= 0.3 is 0 Å². The maximum absolute atomic E-state index is 11.6. The van der Waals surface area contributed by atoms with E-state index < -0.39 is 0 Å². The molecule has 3 aromatic heterocycles. The Bertz CT molecular complexity index is 1010. The van der Waals surface area contributed by atoms with Crippen molar-refractivity contribution in [1.29, 1.82) is 0 Å². The van der Waals surface area contributed by atoms with Crippen molar-refractivity contribution in [3.05, 3.63) is 52.9 Å². The molecule has 5 nitrogen and oxygen atoms in total. The van der Waals surface area contributed by atoms with Crippen LogP contribution >= 0.6 is 11.3 Å². The van der Waals surface area contributed by atoms with Crippen molar-refractivity contribution in [3.8, 4) is 21.8 Å². The molecule has 27 heavy (non-hydrogen) atoms. The summed E-state index contributed by atoms with van der Waals surface area (Å²) in [5.41, 5.74) is 6.50. The summed E-state index contributed by atoms with van der Waals surface area (Å²) >= 11 is 1.63. The number of aryl methyl sites for hydroxylation is 2. The first kappa shape index (κ1) is 17.8. The second-order valence-electron chi connectivity index (χ2n) is 6.95.